The maximum Gasteiger partial charge on any atom is 0.175 e. The molecule has 0 bridgehead atoms. The average molecular weight is 278 g/mol. The number of benzene rings is 1. The zero-order valence-corrected chi connectivity index (χ0v) is 12.2. The van der Waals surface area contributed by atoms with Crippen LogP contribution in [0.15, 0.2) is 41.6 Å². The van der Waals surface area contributed by atoms with Crippen LogP contribution in [0.5, 0.6) is 0 Å². The fourth-order valence-electron chi connectivity index (χ4n) is 1.98. The van der Waals surface area contributed by atoms with Gasteiger partial charge >= 0.3 is 0 Å². The fraction of sp³-hybridized carbons (Fsp3) is 0.286. The van der Waals surface area contributed by atoms with Gasteiger partial charge < -0.3 is 9.88 Å². The maximum atomic E-state index is 11.7. The predicted octanol–water partition coefficient (Wildman–Crippen LogP) is 2.35. The first-order valence-corrected chi connectivity index (χ1v) is 7.91. The number of anilines is 1. The van der Waals surface area contributed by atoms with Gasteiger partial charge in [0.15, 0.2) is 9.84 Å². The van der Waals surface area contributed by atoms with E-state index in [0.717, 1.165) is 16.8 Å². The molecule has 0 atom stereocenters. The number of hydrogen-bond donors (Lipinski definition) is 1. The van der Waals surface area contributed by atoms with Gasteiger partial charge in [-0.2, -0.15) is 0 Å². The highest BCUT2D eigenvalue weighted by Gasteiger charge is 2.11. The lowest BCUT2D eigenvalue weighted by atomic mass is 10.2. The molecule has 1 N–H and O–H groups in total. The van der Waals surface area contributed by atoms with E-state index in [0.29, 0.717) is 11.4 Å². The number of rotatable bonds is 4. The van der Waals surface area contributed by atoms with Crippen molar-refractivity contribution in [1.82, 2.24) is 4.57 Å². The zero-order valence-electron chi connectivity index (χ0n) is 11.3. The van der Waals surface area contributed by atoms with Crippen molar-refractivity contribution in [1.29, 1.82) is 0 Å². The second-order valence-electron chi connectivity index (χ2n) is 4.79. The Morgan fingerprint density at radius 1 is 1.26 bits per heavy atom. The van der Waals surface area contributed by atoms with Crippen LogP contribution >= 0.6 is 0 Å². The molecule has 19 heavy (non-hydrogen) atoms. The smallest absolute Gasteiger partial charge is 0.175 e. The summed E-state index contributed by atoms with van der Waals surface area (Å²) in [6.45, 7) is 2.48. The van der Waals surface area contributed by atoms with Crippen LogP contribution in [0.4, 0.5) is 5.69 Å². The largest absolute Gasteiger partial charge is 0.381 e. The van der Waals surface area contributed by atoms with Gasteiger partial charge in [-0.15, -0.1) is 0 Å². The van der Waals surface area contributed by atoms with E-state index in [1.165, 1.54) is 6.26 Å². The highest BCUT2D eigenvalue weighted by molar-refractivity contribution is 7.90. The molecule has 2 rings (SSSR count). The molecule has 1 aromatic heterocycles. The van der Waals surface area contributed by atoms with E-state index in [9.17, 15) is 8.42 Å². The molecule has 0 spiro atoms. The van der Waals surface area contributed by atoms with Crippen LogP contribution in [0.3, 0.4) is 0 Å². The molecule has 0 fully saturated rings. The van der Waals surface area contributed by atoms with E-state index >= 15 is 0 Å². The SMILES string of the molecule is Cc1ccc(NCc2ccn(C)c2)cc1S(C)(=O)=O. The summed E-state index contributed by atoms with van der Waals surface area (Å²) in [5.41, 5.74) is 2.74. The molecule has 2 aromatic rings. The minimum absolute atomic E-state index is 0.380. The van der Waals surface area contributed by atoms with Crippen molar-refractivity contribution in [2.75, 3.05) is 11.6 Å². The average Bonchev–Trinajstić information content (AvgIpc) is 2.72. The minimum Gasteiger partial charge on any atom is -0.381 e. The lowest BCUT2D eigenvalue weighted by molar-refractivity contribution is 0.601. The molecule has 0 saturated carbocycles. The van der Waals surface area contributed by atoms with Gasteiger partial charge in [0.2, 0.25) is 0 Å². The number of sulfone groups is 1. The number of aromatic nitrogens is 1. The summed E-state index contributed by atoms with van der Waals surface area (Å²) in [7, 11) is -1.21. The quantitative estimate of drug-likeness (QED) is 0.934. The van der Waals surface area contributed by atoms with Gasteiger partial charge in [-0.05, 0) is 36.2 Å². The first-order chi connectivity index (χ1) is 8.86. The highest BCUT2D eigenvalue weighted by Crippen LogP contribution is 2.20. The number of nitrogens with zero attached hydrogens (tertiary/aromatic N) is 1. The third-order valence-corrected chi connectivity index (χ3v) is 4.22. The number of hydrogen-bond acceptors (Lipinski definition) is 3. The molecular weight excluding hydrogens is 260 g/mol. The van der Waals surface area contributed by atoms with Crippen molar-refractivity contribution in [3.8, 4) is 0 Å². The highest BCUT2D eigenvalue weighted by atomic mass is 32.2. The third-order valence-electron chi connectivity index (χ3n) is 2.98. The van der Waals surface area contributed by atoms with Crippen LogP contribution in [0.2, 0.25) is 0 Å². The third kappa shape index (κ3) is 3.38. The Bertz CT molecular complexity index is 687. The Balaban J connectivity index is 2.18. The van der Waals surface area contributed by atoms with Crippen LogP contribution in [0, 0.1) is 6.92 Å². The Kier molecular flexibility index (Phi) is 3.66. The summed E-state index contributed by atoms with van der Waals surface area (Å²) in [6.07, 6.45) is 5.24. The molecule has 0 aliphatic carbocycles. The van der Waals surface area contributed by atoms with E-state index in [-0.39, 0.29) is 0 Å². The summed E-state index contributed by atoms with van der Waals surface area (Å²) in [6, 6.07) is 7.43. The van der Waals surface area contributed by atoms with Gasteiger partial charge in [0, 0.05) is 37.9 Å². The van der Waals surface area contributed by atoms with E-state index in [2.05, 4.69) is 5.32 Å². The molecule has 1 heterocycles. The molecule has 0 aliphatic rings. The molecule has 0 amide bonds. The second kappa shape index (κ2) is 5.09. The van der Waals surface area contributed by atoms with Gasteiger partial charge in [-0.3, -0.25) is 0 Å². The molecule has 4 nitrogen and oxygen atoms in total. The number of nitrogens with one attached hydrogen (secondary N) is 1. The maximum absolute atomic E-state index is 11.7. The minimum atomic E-state index is -3.18. The van der Waals surface area contributed by atoms with Crippen molar-refractivity contribution in [3.63, 3.8) is 0 Å². The van der Waals surface area contributed by atoms with E-state index in [1.807, 2.05) is 42.2 Å². The Hall–Kier alpha value is -1.75. The van der Waals surface area contributed by atoms with Crippen molar-refractivity contribution < 1.29 is 8.42 Å². The van der Waals surface area contributed by atoms with Crippen LogP contribution in [0.1, 0.15) is 11.1 Å². The lowest BCUT2D eigenvalue weighted by Crippen LogP contribution is -2.03. The first kappa shape index (κ1) is 13.7. The van der Waals surface area contributed by atoms with Gasteiger partial charge in [0.1, 0.15) is 0 Å². The molecule has 1 aromatic carbocycles. The van der Waals surface area contributed by atoms with Crippen LogP contribution in [-0.2, 0) is 23.4 Å². The van der Waals surface area contributed by atoms with E-state index in [4.69, 9.17) is 0 Å². The van der Waals surface area contributed by atoms with Crippen LogP contribution < -0.4 is 5.32 Å². The summed E-state index contributed by atoms with van der Waals surface area (Å²) in [5, 5.41) is 3.24. The topological polar surface area (TPSA) is 51.1 Å². The fourth-order valence-corrected chi connectivity index (χ4v) is 2.97. The summed E-state index contributed by atoms with van der Waals surface area (Å²) < 4.78 is 25.3. The van der Waals surface area contributed by atoms with E-state index in [1.54, 1.807) is 13.0 Å². The summed E-state index contributed by atoms with van der Waals surface area (Å²) in [5.74, 6) is 0. The lowest BCUT2D eigenvalue weighted by Gasteiger charge is -2.09. The monoisotopic (exact) mass is 278 g/mol. The van der Waals surface area contributed by atoms with Gasteiger partial charge in [0.05, 0.1) is 4.90 Å². The van der Waals surface area contributed by atoms with Crippen molar-refractivity contribution >= 4 is 15.5 Å². The Morgan fingerprint density at radius 3 is 2.58 bits per heavy atom. The molecular formula is C14H18N2O2S. The zero-order chi connectivity index (χ0) is 14.0. The molecule has 0 aliphatic heterocycles. The standard InChI is InChI=1S/C14H18N2O2S/c1-11-4-5-13(8-14(11)19(3,17)18)15-9-12-6-7-16(2)10-12/h4-8,10,15H,9H2,1-3H3. The number of aryl methyl sites for hydroxylation is 2. The van der Waals surface area contributed by atoms with Crippen LogP contribution in [-0.4, -0.2) is 19.2 Å². The first-order valence-electron chi connectivity index (χ1n) is 6.02. The molecule has 0 radical (unpaired) electrons. The van der Waals surface area contributed by atoms with E-state index < -0.39 is 9.84 Å². The van der Waals surface area contributed by atoms with Gasteiger partial charge in [-0.1, -0.05) is 6.07 Å². The second-order valence-corrected chi connectivity index (χ2v) is 6.78. The van der Waals surface area contributed by atoms with Gasteiger partial charge in [-0.25, -0.2) is 8.42 Å². The molecule has 0 saturated heterocycles. The van der Waals surface area contributed by atoms with Crippen molar-refractivity contribution in [2.45, 2.75) is 18.4 Å². The summed E-state index contributed by atoms with van der Waals surface area (Å²) in [4.78, 5) is 0.380. The van der Waals surface area contributed by atoms with Crippen molar-refractivity contribution in [3.05, 3.63) is 47.8 Å². The van der Waals surface area contributed by atoms with Gasteiger partial charge in [0.25, 0.3) is 0 Å². The van der Waals surface area contributed by atoms with Crippen LogP contribution in [0.25, 0.3) is 0 Å². The summed E-state index contributed by atoms with van der Waals surface area (Å²) >= 11 is 0. The molecule has 102 valence electrons. The molecule has 5 heteroatoms. The normalized spacial score (nSPS) is 11.5. The predicted molar refractivity (Wildman–Crippen MR) is 77.0 cm³/mol. The molecule has 0 unspecified atom stereocenters. The Labute approximate surface area is 114 Å². The van der Waals surface area contributed by atoms with Crippen molar-refractivity contribution in [2.24, 2.45) is 7.05 Å². The Morgan fingerprint density at radius 2 is 2.00 bits per heavy atom.